The molecule has 10 heavy (non-hydrogen) atoms. The molecule has 0 aromatic rings. The van der Waals surface area contributed by atoms with Gasteiger partial charge in [-0.2, -0.15) is 0 Å². The second-order valence-corrected chi connectivity index (χ2v) is 3.61. The Morgan fingerprint density at radius 2 is 2.10 bits per heavy atom. The monoisotopic (exact) mass is 166 g/mol. The maximum Gasteiger partial charge on any atom is 0.119 e. The molecule has 0 amide bonds. The van der Waals surface area contributed by atoms with Gasteiger partial charge in [-0.25, -0.2) is 4.39 Å². The lowest BCUT2D eigenvalue weighted by Gasteiger charge is -2.30. The van der Waals surface area contributed by atoms with Crippen LogP contribution in [0.3, 0.4) is 0 Å². The largest absolute Gasteiger partial charge is 0.391 e. The van der Waals surface area contributed by atoms with Gasteiger partial charge < -0.3 is 5.11 Å². The Bertz CT molecular complexity index is 108. The predicted octanol–water partition coefficient (Wildman–Crippen LogP) is 1.72. The normalized spacial score (nSPS) is 49.2. The third-order valence-corrected chi connectivity index (χ3v) is 2.55. The highest BCUT2D eigenvalue weighted by Crippen LogP contribution is 2.29. The summed E-state index contributed by atoms with van der Waals surface area (Å²) in [5.41, 5.74) is 0. The summed E-state index contributed by atoms with van der Waals surface area (Å²) in [6.07, 6.45) is -0.555. The van der Waals surface area contributed by atoms with Crippen molar-refractivity contribution in [2.24, 2.45) is 5.92 Å². The molecule has 0 saturated heterocycles. The number of alkyl halides is 2. The van der Waals surface area contributed by atoms with Gasteiger partial charge in [-0.15, -0.1) is 11.6 Å². The molecule has 1 saturated carbocycles. The van der Waals surface area contributed by atoms with E-state index in [1.54, 1.807) is 0 Å². The lowest BCUT2D eigenvalue weighted by molar-refractivity contribution is 0.0638. The first-order valence-electron chi connectivity index (χ1n) is 3.57. The average molecular weight is 167 g/mol. The van der Waals surface area contributed by atoms with Gasteiger partial charge in [0.05, 0.1) is 11.5 Å². The van der Waals surface area contributed by atoms with Crippen molar-refractivity contribution in [3.8, 4) is 0 Å². The van der Waals surface area contributed by atoms with Crippen molar-refractivity contribution in [1.29, 1.82) is 0 Å². The summed E-state index contributed by atoms with van der Waals surface area (Å²) >= 11 is 5.56. The first-order chi connectivity index (χ1) is 4.61. The van der Waals surface area contributed by atoms with Crippen molar-refractivity contribution in [1.82, 2.24) is 0 Å². The zero-order chi connectivity index (χ0) is 7.72. The molecule has 1 rings (SSSR count). The number of hydrogen-bond acceptors (Lipinski definition) is 1. The Morgan fingerprint density at radius 3 is 2.60 bits per heavy atom. The predicted molar refractivity (Wildman–Crippen MR) is 38.9 cm³/mol. The Balaban J connectivity index is 2.49. The maximum atomic E-state index is 12.8. The number of hydrogen-bond donors (Lipinski definition) is 1. The average Bonchev–Trinajstić information content (AvgIpc) is 1.82. The molecule has 0 aliphatic heterocycles. The van der Waals surface area contributed by atoms with Gasteiger partial charge in [0.2, 0.25) is 0 Å². The van der Waals surface area contributed by atoms with E-state index in [1.165, 1.54) is 0 Å². The fourth-order valence-electron chi connectivity index (χ4n) is 1.39. The van der Waals surface area contributed by atoms with E-state index in [4.69, 9.17) is 16.7 Å². The van der Waals surface area contributed by atoms with Crippen molar-refractivity contribution in [3.05, 3.63) is 0 Å². The minimum Gasteiger partial charge on any atom is -0.391 e. The van der Waals surface area contributed by atoms with Crippen LogP contribution in [0.25, 0.3) is 0 Å². The summed E-state index contributed by atoms with van der Waals surface area (Å²) in [5, 5.41) is 8.46. The van der Waals surface area contributed by atoms with Gasteiger partial charge in [-0.05, 0) is 18.8 Å². The molecule has 0 bridgehead atoms. The Hall–Kier alpha value is 0.180. The van der Waals surface area contributed by atoms with Gasteiger partial charge in [-0.1, -0.05) is 6.92 Å². The van der Waals surface area contributed by atoms with E-state index in [-0.39, 0.29) is 5.92 Å². The van der Waals surface area contributed by atoms with Crippen LogP contribution in [-0.2, 0) is 0 Å². The summed E-state index contributed by atoms with van der Waals surface area (Å²) < 4.78 is 12.8. The molecule has 0 spiro atoms. The van der Waals surface area contributed by atoms with Crippen LogP contribution in [0.4, 0.5) is 4.39 Å². The van der Waals surface area contributed by atoms with E-state index >= 15 is 0 Å². The molecule has 0 aromatic carbocycles. The van der Waals surface area contributed by atoms with Crippen molar-refractivity contribution >= 4 is 11.6 Å². The SMILES string of the molecule is CC1CC(O)C(Cl)C(F)C1. The molecule has 1 nitrogen and oxygen atoms in total. The minimum atomic E-state index is -1.03. The molecule has 1 aliphatic rings. The molecular weight excluding hydrogens is 155 g/mol. The molecule has 0 radical (unpaired) electrons. The third-order valence-electron chi connectivity index (χ3n) is 1.98. The first-order valence-corrected chi connectivity index (χ1v) is 4.01. The lowest BCUT2D eigenvalue weighted by Crippen LogP contribution is -2.37. The minimum absolute atomic E-state index is 0.264. The highest BCUT2D eigenvalue weighted by atomic mass is 35.5. The summed E-state index contributed by atoms with van der Waals surface area (Å²) in [7, 11) is 0. The fraction of sp³-hybridized carbons (Fsp3) is 1.00. The van der Waals surface area contributed by atoms with E-state index in [1.807, 2.05) is 6.92 Å². The van der Waals surface area contributed by atoms with Gasteiger partial charge in [-0.3, -0.25) is 0 Å². The standard InChI is InChI=1S/C7H12ClFO/c1-4-2-5(9)7(8)6(10)3-4/h4-7,10H,2-3H2,1H3. The molecule has 1 fully saturated rings. The zero-order valence-electron chi connectivity index (χ0n) is 5.93. The van der Waals surface area contributed by atoms with E-state index in [0.717, 1.165) is 0 Å². The molecule has 0 aromatic heterocycles. The topological polar surface area (TPSA) is 20.2 Å². The molecular formula is C7H12ClFO. The number of rotatable bonds is 0. The van der Waals surface area contributed by atoms with Gasteiger partial charge >= 0.3 is 0 Å². The Kier molecular flexibility index (Phi) is 2.53. The Morgan fingerprint density at radius 1 is 1.50 bits per heavy atom. The highest BCUT2D eigenvalue weighted by Gasteiger charge is 2.33. The summed E-state index contributed by atoms with van der Waals surface area (Å²) in [4.78, 5) is 0. The van der Waals surface area contributed by atoms with Crippen LogP contribution in [0.1, 0.15) is 19.8 Å². The van der Waals surface area contributed by atoms with Crippen LogP contribution in [0.15, 0.2) is 0 Å². The van der Waals surface area contributed by atoms with Gasteiger partial charge in [0, 0.05) is 0 Å². The third kappa shape index (κ3) is 1.61. The fourth-order valence-corrected chi connectivity index (χ4v) is 1.60. The van der Waals surface area contributed by atoms with Crippen LogP contribution in [0, 0.1) is 5.92 Å². The molecule has 1 aliphatic carbocycles. The summed E-state index contributed by atoms with van der Waals surface area (Å²) in [6, 6.07) is 0. The summed E-state index contributed by atoms with van der Waals surface area (Å²) in [5.74, 6) is 0.264. The molecule has 4 unspecified atom stereocenters. The van der Waals surface area contributed by atoms with E-state index in [9.17, 15) is 4.39 Å². The van der Waals surface area contributed by atoms with Gasteiger partial charge in [0.15, 0.2) is 0 Å². The second kappa shape index (κ2) is 3.05. The quantitative estimate of drug-likeness (QED) is 0.544. The molecule has 1 N–H and O–H groups in total. The van der Waals surface area contributed by atoms with Crippen LogP contribution >= 0.6 is 11.6 Å². The van der Waals surface area contributed by atoms with Crippen LogP contribution in [-0.4, -0.2) is 22.8 Å². The van der Waals surface area contributed by atoms with Crippen molar-refractivity contribution < 1.29 is 9.50 Å². The van der Waals surface area contributed by atoms with E-state index < -0.39 is 17.7 Å². The van der Waals surface area contributed by atoms with Crippen molar-refractivity contribution in [2.45, 2.75) is 37.4 Å². The molecule has 60 valence electrons. The van der Waals surface area contributed by atoms with E-state index in [2.05, 4.69) is 0 Å². The van der Waals surface area contributed by atoms with Crippen molar-refractivity contribution in [2.75, 3.05) is 0 Å². The maximum absolute atomic E-state index is 12.8. The van der Waals surface area contributed by atoms with Crippen LogP contribution in [0.5, 0.6) is 0 Å². The van der Waals surface area contributed by atoms with Crippen molar-refractivity contribution in [3.63, 3.8) is 0 Å². The molecule has 4 atom stereocenters. The second-order valence-electron chi connectivity index (χ2n) is 3.10. The number of aliphatic hydroxyl groups is 1. The smallest absolute Gasteiger partial charge is 0.119 e. The number of halogens is 2. The lowest BCUT2D eigenvalue weighted by atomic mass is 9.87. The first kappa shape index (κ1) is 8.28. The molecule has 0 heterocycles. The highest BCUT2D eigenvalue weighted by molar-refractivity contribution is 6.21. The molecule has 3 heteroatoms. The van der Waals surface area contributed by atoms with Crippen LogP contribution < -0.4 is 0 Å². The van der Waals surface area contributed by atoms with Gasteiger partial charge in [0.25, 0.3) is 0 Å². The van der Waals surface area contributed by atoms with Gasteiger partial charge in [0.1, 0.15) is 6.17 Å². The summed E-state index contributed by atoms with van der Waals surface area (Å²) in [6.45, 7) is 1.93. The number of aliphatic hydroxyl groups excluding tert-OH is 1. The van der Waals surface area contributed by atoms with E-state index in [0.29, 0.717) is 12.8 Å². The zero-order valence-corrected chi connectivity index (χ0v) is 6.68. The van der Waals surface area contributed by atoms with Crippen LogP contribution in [0.2, 0.25) is 0 Å². The Labute approximate surface area is 65.2 Å².